The molecule has 0 aromatic carbocycles. The van der Waals surface area contributed by atoms with E-state index in [0.29, 0.717) is 12.6 Å². The van der Waals surface area contributed by atoms with E-state index in [1.807, 2.05) is 20.8 Å². The number of nitrogens with zero attached hydrogens (tertiary/aromatic N) is 1. The summed E-state index contributed by atoms with van der Waals surface area (Å²) in [6.07, 6.45) is 5.13. The Balaban J connectivity index is 2.30. The van der Waals surface area contributed by atoms with Crippen molar-refractivity contribution in [3.8, 4) is 0 Å². The lowest BCUT2D eigenvalue weighted by atomic mass is 10.1. The zero-order valence-electron chi connectivity index (χ0n) is 10.5. The van der Waals surface area contributed by atoms with Crippen LogP contribution < -0.4 is 5.32 Å². The molecule has 1 rings (SSSR count). The maximum absolute atomic E-state index is 11.7. The molecule has 0 aliphatic heterocycles. The summed E-state index contributed by atoms with van der Waals surface area (Å²) >= 11 is 0. The molecule has 0 atom stereocenters. The first-order valence-corrected chi connectivity index (χ1v) is 5.90. The van der Waals surface area contributed by atoms with Crippen LogP contribution in [0.5, 0.6) is 0 Å². The number of rotatable bonds is 3. The van der Waals surface area contributed by atoms with Crippen LogP contribution in [0.3, 0.4) is 0 Å². The van der Waals surface area contributed by atoms with E-state index >= 15 is 0 Å². The average Bonchev–Trinajstić information content (AvgIpc) is 2.50. The molecule has 0 unspecified atom stereocenters. The number of nitrogens with one attached hydrogen (secondary N) is 1. The molecular formula is C12H24N2O. The molecule has 1 aliphatic carbocycles. The standard InChI is InChI=1S/C12H24N2O/c1-12(2,3)13-11(15)9-14(4)10-7-5-6-8-10/h10H,5-9H2,1-4H3,(H,13,15). The summed E-state index contributed by atoms with van der Waals surface area (Å²) in [4.78, 5) is 13.9. The molecule has 0 saturated heterocycles. The molecule has 0 radical (unpaired) electrons. The molecule has 1 saturated carbocycles. The Hall–Kier alpha value is -0.570. The monoisotopic (exact) mass is 212 g/mol. The molecule has 0 bridgehead atoms. The molecule has 3 heteroatoms. The van der Waals surface area contributed by atoms with Crippen LogP contribution >= 0.6 is 0 Å². The first-order valence-electron chi connectivity index (χ1n) is 5.90. The Morgan fingerprint density at radius 3 is 2.33 bits per heavy atom. The van der Waals surface area contributed by atoms with Gasteiger partial charge >= 0.3 is 0 Å². The van der Waals surface area contributed by atoms with Crippen molar-refractivity contribution in [1.29, 1.82) is 0 Å². The molecule has 0 spiro atoms. The minimum Gasteiger partial charge on any atom is -0.350 e. The molecule has 1 amide bonds. The highest BCUT2D eigenvalue weighted by molar-refractivity contribution is 5.78. The second-order valence-electron chi connectivity index (χ2n) is 5.65. The first-order chi connectivity index (χ1) is 6.88. The van der Waals surface area contributed by atoms with Gasteiger partial charge in [0.25, 0.3) is 0 Å². The Kier molecular flexibility index (Phi) is 4.14. The quantitative estimate of drug-likeness (QED) is 0.773. The van der Waals surface area contributed by atoms with Gasteiger partial charge in [-0.05, 0) is 40.7 Å². The number of hydrogen-bond acceptors (Lipinski definition) is 2. The van der Waals surface area contributed by atoms with Gasteiger partial charge < -0.3 is 5.32 Å². The van der Waals surface area contributed by atoms with Gasteiger partial charge in [-0.25, -0.2) is 0 Å². The zero-order valence-corrected chi connectivity index (χ0v) is 10.5. The van der Waals surface area contributed by atoms with E-state index in [4.69, 9.17) is 0 Å². The van der Waals surface area contributed by atoms with E-state index in [2.05, 4.69) is 17.3 Å². The van der Waals surface area contributed by atoms with Crippen molar-refractivity contribution >= 4 is 5.91 Å². The maximum atomic E-state index is 11.7. The van der Waals surface area contributed by atoms with Crippen LogP contribution in [-0.2, 0) is 4.79 Å². The van der Waals surface area contributed by atoms with E-state index in [9.17, 15) is 4.79 Å². The first kappa shape index (κ1) is 12.5. The summed E-state index contributed by atoms with van der Waals surface area (Å²) in [5, 5.41) is 2.99. The molecule has 1 aliphatic rings. The predicted octanol–water partition coefficient (Wildman–Crippen LogP) is 1.78. The fraction of sp³-hybridized carbons (Fsp3) is 0.917. The summed E-state index contributed by atoms with van der Waals surface area (Å²) in [7, 11) is 2.05. The summed E-state index contributed by atoms with van der Waals surface area (Å²) in [6.45, 7) is 6.57. The largest absolute Gasteiger partial charge is 0.350 e. The number of amides is 1. The van der Waals surface area contributed by atoms with Crippen LogP contribution in [0.2, 0.25) is 0 Å². The lowest BCUT2D eigenvalue weighted by molar-refractivity contribution is -0.123. The van der Waals surface area contributed by atoms with Gasteiger partial charge in [0.15, 0.2) is 0 Å². The van der Waals surface area contributed by atoms with Gasteiger partial charge in [-0.15, -0.1) is 0 Å². The molecular weight excluding hydrogens is 188 g/mol. The van der Waals surface area contributed by atoms with Crippen molar-refractivity contribution in [2.75, 3.05) is 13.6 Å². The van der Waals surface area contributed by atoms with E-state index < -0.39 is 0 Å². The second-order valence-corrected chi connectivity index (χ2v) is 5.65. The van der Waals surface area contributed by atoms with Crippen molar-refractivity contribution in [2.24, 2.45) is 0 Å². The topological polar surface area (TPSA) is 32.3 Å². The number of likely N-dealkylation sites (N-methyl/N-ethyl adjacent to an activating group) is 1. The fourth-order valence-electron chi connectivity index (χ4n) is 2.16. The molecule has 0 aromatic heterocycles. The third-order valence-corrected chi connectivity index (χ3v) is 2.86. The SMILES string of the molecule is CN(CC(=O)NC(C)(C)C)C1CCCC1. The van der Waals surface area contributed by atoms with Gasteiger partial charge in [-0.2, -0.15) is 0 Å². The normalized spacial score (nSPS) is 18.5. The van der Waals surface area contributed by atoms with Crippen LogP contribution in [0.15, 0.2) is 0 Å². The Labute approximate surface area is 93.2 Å². The third-order valence-electron chi connectivity index (χ3n) is 2.86. The Morgan fingerprint density at radius 2 is 1.87 bits per heavy atom. The minimum absolute atomic E-state index is 0.117. The van der Waals surface area contributed by atoms with Crippen molar-refractivity contribution in [3.05, 3.63) is 0 Å². The fourth-order valence-corrected chi connectivity index (χ4v) is 2.16. The highest BCUT2D eigenvalue weighted by atomic mass is 16.2. The summed E-state index contributed by atoms with van der Waals surface area (Å²) in [5.41, 5.74) is -0.117. The van der Waals surface area contributed by atoms with Gasteiger partial charge in [0.2, 0.25) is 5.91 Å². The van der Waals surface area contributed by atoms with Crippen molar-refractivity contribution in [1.82, 2.24) is 10.2 Å². The lowest BCUT2D eigenvalue weighted by Gasteiger charge is -2.26. The number of carbonyl (C=O) groups is 1. The van der Waals surface area contributed by atoms with Gasteiger partial charge in [-0.1, -0.05) is 12.8 Å². The van der Waals surface area contributed by atoms with E-state index in [1.165, 1.54) is 25.7 Å². The molecule has 1 N–H and O–H groups in total. The molecule has 15 heavy (non-hydrogen) atoms. The molecule has 88 valence electrons. The maximum Gasteiger partial charge on any atom is 0.234 e. The number of carbonyl (C=O) groups excluding carboxylic acids is 1. The van der Waals surface area contributed by atoms with Gasteiger partial charge in [0.05, 0.1) is 6.54 Å². The summed E-state index contributed by atoms with van der Waals surface area (Å²) < 4.78 is 0. The van der Waals surface area contributed by atoms with Gasteiger partial charge in [0, 0.05) is 11.6 Å². The smallest absolute Gasteiger partial charge is 0.234 e. The lowest BCUT2D eigenvalue weighted by Crippen LogP contribution is -2.46. The highest BCUT2D eigenvalue weighted by Crippen LogP contribution is 2.21. The molecule has 0 heterocycles. The summed E-state index contributed by atoms with van der Waals surface area (Å²) in [5.74, 6) is 0.136. The van der Waals surface area contributed by atoms with Gasteiger partial charge in [-0.3, -0.25) is 9.69 Å². The van der Waals surface area contributed by atoms with Crippen LogP contribution in [0, 0.1) is 0 Å². The highest BCUT2D eigenvalue weighted by Gasteiger charge is 2.22. The molecule has 0 aromatic rings. The van der Waals surface area contributed by atoms with Gasteiger partial charge in [0.1, 0.15) is 0 Å². The minimum atomic E-state index is -0.117. The van der Waals surface area contributed by atoms with Crippen molar-refractivity contribution < 1.29 is 4.79 Å². The van der Waals surface area contributed by atoms with Crippen molar-refractivity contribution in [3.63, 3.8) is 0 Å². The van der Waals surface area contributed by atoms with Crippen LogP contribution in [-0.4, -0.2) is 36.0 Å². The van der Waals surface area contributed by atoms with Crippen LogP contribution in [0.25, 0.3) is 0 Å². The Bertz CT molecular complexity index is 214. The van der Waals surface area contributed by atoms with Crippen molar-refractivity contribution in [2.45, 2.75) is 58.0 Å². The molecule has 3 nitrogen and oxygen atoms in total. The van der Waals surface area contributed by atoms with E-state index in [1.54, 1.807) is 0 Å². The molecule has 1 fully saturated rings. The van der Waals surface area contributed by atoms with E-state index in [0.717, 1.165) is 0 Å². The van der Waals surface area contributed by atoms with Crippen LogP contribution in [0.4, 0.5) is 0 Å². The zero-order chi connectivity index (χ0) is 11.5. The predicted molar refractivity (Wildman–Crippen MR) is 62.8 cm³/mol. The average molecular weight is 212 g/mol. The third kappa shape index (κ3) is 4.65. The second kappa shape index (κ2) is 4.97. The summed E-state index contributed by atoms with van der Waals surface area (Å²) in [6, 6.07) is 0.621. The Morgan fingerprint density at radius 1 is 1.33 bits per heavy atom. The van der Waals surface area contributed by atoms with E-state index in [-0.39, 0.29) is 11.4 Å². The van der Waals surface area contributed by atoms with Crippen LogP contribution in [0.1, 0.15) is 46.5 Å². The number of hydrogen-bond donors (Lipinski definition) is 1.